The molecule has 2 rings (SSSR count). The SMILES string of the molecule is CC(C)(C)CN1CCN(c2ccc(C(F)(F)F)cc2)CC1. The highest BCUT2D eigenvalue weighted by molar-refractivity contribution is 5.48. The highest BCUT2D eigenvalue weighted by Crippen LogP contribution is 2.30. The zero-order valence-corrected chi connectivity index (χ0v) is 12.9. The maximum absolute atomic E-state index is 12.6. The van der Waals surface area contributed by atoms with E-state index in [-0.39, 0.29) is 5.41 Å². The van der Waals surface area contributed by atoms with Gasteiger partial charge in [-0.3, -0.25) is 4.90 Å². The minimum absolute atomic E-state index is 0.274. The van der Waals surface area contributed by atoms with E-state index < -0.39 is 11.7 Å². The van der Waals surface area contributed by atoms with Crippen LogP contribution in [-0.2, 0) is 6.18 Å². The Bertz CT molecular complexity index is 452. The van der Waals surface area contributed by atoms with Crippen molar-refractivity contribution in [3.8, 4) is 0 Å². The Kier molecular flexibility index (Phi) is 4.51. The highest BCUT2D eigenvalue weighted by Gasteiger charge is 2.30. The second-order valence-electron chi connectivity index (χ2n) is 6.87. The minimum atomic E-state index is -4.26. The molecule has 0 N–H and O–H groups in total. The largest absolute Gasteiger partial charge is 0.416 e. The molecule has 0 aliphatic carbocycles. The third-order valence-corrected chi connectivity index (χ3v) is 3.63. The van der Waals surface area contributed by atoms with Crippen molar-refractivity contribution in [3.05, 3.63) is 29.8 Å². The zero-order valence-electron chi connectivity index (χ0n) is 12.9. The Morgan fingerprint density at radius 3 is 1.86 bits per heavy atom. The number of anilines is 1. The van der Waals surface area contributed by atoms with Gasteiger partial charge in [-0.15, -0.1) is 0 Å². The van der Waals surface area contributed by atoms with Crippen LogP contribution < -0.4 is 4.90 Å². The van der Waals surface area contributed by atoms with Crippen LogP contribution in [0.1, 0.15) is 26.3 Å². The van der Waals surface area contributed by atoms with Gasteiger partial charge in [0.1, 0.15) is 0 Å². The summed E-state index contributed by atoms with van der Waals surface area (Å²) in [5.41, 5.74) is 0.562. The molecule has 1 saturated heterocycles. The van der Waals surface area contributed by atoms with Crippen LogP contribution in [0, 0.1) is 5.41 Å². The first-order valence-electron chi connectivity index (χ1n) is 7.30. The van der Waals surface area contributed by atoms with E-state index in [1.807, 2.05) is 0 Å². The monoisotopic (exact) mass is 300 g/mol. The van der Waals surface area contributed by atoms with Crippen molar-refractivity contribution in [3.63, 3.8) is 0 Å². The summed E-state index contributed by atoms with van der Waals surface area (Å²) in [6.45, 7) is 11.3. The summed E-state index contributed by atoms with van der Waals surface area (Å²) < 4.78 is 37.7. The van der Waals surface area contributed by atoms with Gasteiger partial charge in [-0.05, 0) is 29.7 Å². The van der Waals surface area contributed by atoms with Gasteiger partial charge in [-0.25, -0.2) is 0 Å². The summed E-state index contributed by atoms with van der Waals surface area (Å²) in [5, 5.41) is 0. The predicted molar refractivity (Wildman–Crippen MR) is 79.6 cm³/mol. The normalized spacial score (nSPS) is 18.1. The van der Waals surface area contributed by atoms with Crippen LogP contribution in [-0.4, -0.2) is 37.6 Å². The van der Waals surface area contributed by atoms with Crippen molar-refractivity contribution in [1.29, 1.82) is 0 Å². The van der Waals surface area contributed by atoms with Gasteiger partial charge in [0.25, 0.3) is 0 Å². The third-order valence-electron chi connectivity index (χ3n) is 3.63. The fourth-order valence-corrected chi connectivity index (χ4v) is 2.70. The van der Waals surface area contributed by atoms with Gasteiger partial charge in [0, 0.05) is 38.4 Å². The molecule has 0 atom stereocenters. The molecule has 0 bridgehead atoms. The molecule has 1 aliphatic heterocycles. The molecule has 1 aromatic rings. The molecule has 2 nitrogen and oxygen atoms in total. The molecule has 21 heavy (non-hydrogen) atoms. The average Bonchev–Trinajstić information content (AvgIpc) is 2.37. The molecule has 0 radical (unpaired) electrons. The van der Waals surface area contributed by atoms with Crippen molar-refractivity contribution < 1.29 is 13.2 Å². The Morgan fingerprint density at radius 2 is 1.43 bits per heavy atom. The number of piperazine rings is 1. The number of hydrogen-bond acceptors (Lipinski definition) is 2. The summed E-state index contributed by atoms with van der Waals surface area (Å²) in [6.07, 6.45) is -4.26. The summed E-state index contributed by atoms with van der Waals surface area (Å²) in [4.78, 5) is 4.57. The molecule has 0 unspecified atom stereocenters. The zero-order chi connectivity index (χ0) is 15.7. The van der Waals surface area contributed by atoms with Crippen molar-refractivity contribution in [2.45, 2.75) is 26.9 Å². The van der Waals surface area contributed by atoms with Gasteiger partial charge in [0.2, 0.25) is 0 Å². The third kappa shape index (κ3) is 4.63. The summed E-state index contributed by atoms with van der Waals surface area (Å²) >= 11 is 0. The fraction of sp³-hybridized carbons (Fsp3) is 0.625. The van der Waals surface area contributed by atoms with Gasteiger partial charge in [-0.2, -0.15) is 13.2 Å². The summed E-state index contributed by atoms with van der Waals surface area (Å²) in [5.74, 6) is 0. The van der Waals surface area contributed by atoms with Gasteiger partial charge in [0.15, 0.2) is 0 Å². The number of benzene rings is 1. The van der Waals surface area contributed by atoms with E-state index in [4.69, 9.17) is 0 Å². The van der Waals surface area contributed by atoms with Crippen molar-refractivity contribution in [1.82, 2.24) is 4.90 Å². The van der Waals surface area contributed by atoms with Gasteiger partial charge < -0.3 is 4.90 Å². The number of hydrogen-bond donors (Lipinski definition) is 0. The van der Waals surface area contributed by atoms with Crippen LogP contribution >= 0.6 is 0 Å². The Balaban J connectivity index is 1.93. The quantitative estimate of drug-likeness (QED) is 0.818. The van der Waals surface area contributed by atoms with Crippen molar-refractivity contribution in [2.24, 2.45) is 5.41 Å². The van der Waals surface area contributed by atoms with Crippen LogP contribution in [0.5, 0.6) is 0 Å². The lowest BCUT2D eigenvalue weighted by Gasteiger charge is -2.38. The van der Waals surface area contributed by atoms with Gasteiger partial charge in [0.05, 0.1) is 5.56 Å². The second-order valence-corrected chi connectivity index (χ2v) is 6.87. The Hall–Kier alpha value is -1.23. The first-order chi connectivity index (χ1) is 9.65. The molecule has 0 aromatic heterocycles. The Morgan fingerprint density at radius 1 is 0.905 bits per heavy atom. The van der Waals surface area contributed by atoms with Crippen LogP contribution in [0.3, 0.4) is 0 Å². The number of rotatable bonds is 2. The topological polar surface area (TPSA) is 6.48 Å². The average molecular weight is 300 g/mol. The van der Waals surface area contributed by atoms with Crippen LogP contribution in [0.25, 0.3) is 0 Å². The predicted octanol–water partition coefficient (Wildman–Crippen LogP) is 3.87. The molecule has 0 saturated carbocycles. The summed E-state index contributed by atoms with van der Waals surface area (Å²) in [7, 11) is 0. The van der Waals surface area contributed by atoms with E-state index in [0.29, 0.717) is 0 Å². The van der Waals surface area contributed by atoms with Crippen LogP contribution in [0.15, 0.2) is 24.3 Å². The van der Waals surface area contributed by atoms with Crippen LogP contribution in [0.2, 0.25) is 0 Å². The van der Waals surface area contributed by atoms with E-state index in [1.54, 1.807) is 12.1 Å². The van der Waals surface area contributed by atoms with Crippen molar-refractivity contribution in [2.75, 3.05) is 37.6 Å². The standard InChI is InChI=1S/C16H23F3N2/c1-15(2,3)12-20-8-10-21(11-9-20)14-6-4-13(5-7-14)16(17,18)19/h4-7H,8-12H2,1-3H3. The first kappa shape index (κ1) is 16.1. The van der Waals surface area contributed by atoms with E-state index in [2.05, 4.69) is 30.6 Å². The second kappa shape index (κ2) is 5.87. The maximum Gasteiger partial charge on any atom is 0.416 e. The van der Waals surface area contributed by atoms with E-state index in [1.165, 1.54) is 0 Å². The Labute approximate surface area is 124 Å². The molecule has 0 spiro atoms. The smallest absolute Gasteiger partial charge is 0.369 e. The molecule has 0 amide bonds. The molecular weight excluding hydrogens is 277 g/mol. The van der Waals surface area contributed by atoms with E-state index >= 15 is 0 Å². The van der Waals surface area contributed by atoms with Crippen molar-refractivity contribution >= 4 is 5.69 Å². The number of halogens is 3. The lowest BCUT2D eigenvalue weighted by atomic mass is 9.96. The lowest BCUT2D eigenvalue weighted by molar-refractivity contribution is -0.137. The van der Waals surface area contributed by atoms with Crippen LogP contribution in [0.4, 0.5) is 18.9 Å². The first-order valence-corrected chi connectivity index (χ1v) is 7.30. The lowest BCUT2D eigenvalue weighted by Crippen LogP contribution is -2.48. The minimum Gasteiger partial charge on any atom is -0.369 e. The van der Waals surface area contributed by atoms with Gasteiger partial charge in [-0.1, -0.05) is 20.8 Å². The molecular formula is C16H23F3N2. The molecule has 1 fully saturated rings. The highest BCUT2D eigenvalue weighted by atomic mass is 19.4. The molecule has 1 heterocycles. The van der Waals surface area contributed by atoms with Gasteiger partial charge >= 0.3 is 6.18 Å². The molecule has 1 aromatic carbocycles. The maximum atomic E-state index is 12.6. The molecule has 1 aliphatic rings. The molecule has 5 heteroatoms. The molecule has 118 valence electrons. The summed E-state index contributed by atoms with van der Waals surface area (Å²) in [6, 6.07) is 5.47. The fourth-order valence-electron chi connectivity index (χ4n) is 2.70. The number of nitrogens with zero attached hydrogens (tertiary/aromatic N) is 2. The van der Waals surface area contributed by atoms with E-state index in [0.717, 1.165) is 50.5 Å². The van der Waals surface area contributed by atoms with E-state index in [9.17, 15) is 13.2 Å². The number of alkyl halides is 3.